The molecule has 0 bridgehead atoms. The van der Waals surface area contributed by atoms with Crippen molar-refractivity contribution < 1.29 is 14.3 Å². The van der Waals surface area contributed by atoms with Crippen molar-refractivity contribution in [3.05, 3.63) is 60.8 Å². The van der Waals surface area contributed by atoms with Gasteiger partial charge in [0.15, 0.2) is 0 Å². The molecule has 1 aliphatic heterocycles. The quantitative estimate of drug-likeness (QED) is 0.652. The smallest absolute Gasteiger partial charge is 0.251 e. The van der Waals surface area contributed by atoms with Crippen LogP contribution >= 0.6 is 0 Å². The summed E-state index contributed by atoms with van der Waals surface area (Å²) >= 11 is 0. The largest absolute Gasteiger partial charge is 0.490 e. The summed E-state index contributed by atoms with van der Waals surface area (Å²) in [4.78, 5) is 18.6. The second kappa shape index (κ2) is 8.62. The van der Waals surface area contributed by atoms with Crippen LogP contribution in [-0.2, 0) is 9.53 Å². The third-order valence-electron chi connectivity index (χ3n) is 5.54. The van der Waals surface area contributed by atoms with Crippen LogP contribution in [0, 0.1) is 0 Å². The summed E-state index contributed by atoms with van der Waals surface area (Å²) in [5, 5.41) is 1.13. The minimum absolute atomic E-state index is 0.0549. The number of hydrogen-bond donors (Lipinski definition) is 0. The Bertz CT molecular complexity index is 979. The van der Waals surface area contributed by atoms with Crippen LogP contribution in [0.3, 0.4) is 0 Å². The summed E-state index contributed by atoms with van der Waals surface area (Å²) in [7, 11) is 1.57. The fourth-order valence-corrected chi connectivity index (χ4v) is 3.70. The number of carbonyl (C=O) groups is 1. The predicted octanol–water partition coefficient (Wildman–Crippen LogP) is 4.31. The molecule has 1 aromatic heterocycles. The van der Waals surface area contributed by atoms with Gasteiger partial charge in [-0.3, -0.25) is 9.78 Å². The second-order valence-electron chi connectivity index (χ2n) is 7.46. The van der Waals surface area contributed by atoms with E-state index in [1.165, 1.54) is 0 Å². The van der Waals surface area contributed by atoms with Gasteiger partial charge in [0, 0.05) is 50.2 Å². The monoisotopic (exact) mass is 390 g/mol. The SMILES string of the molecule is CO[C@H](C)C(=O)N1CCC(Oc2ccc(-c3cnc4ccccc4c3)cc2)CC1. The van der Waals surface area contributed by atoms with Gasteiger partial charge in [0.1, 0.15) is 18.0 Å². The van der Waals surface area contributed by atoms with E-state index < -0.39 is 0 Å². The van der Waals surface area contributed by atoms with Crippen LogP contribution in [0.2, 0.25) is 0 Å². The number of benzene rings is 2. The lowest BCUT2D eigenvalue weighted by Gasteiger charge is -2.33. The van der Waals surface area contributed by atoms with Gasteiger partial charge < -0.3 is 14.4 Å². The third-order valence-corrected chi connectivity index (χ3v) is 5.54. The molecule has 3 aromatic rings. The molecular formula is C24H26N2O3. The summed E-state index contributed by atoms with van der Waals surface area (Å²) in [6, 6.07) is 18.4. The molecule has 4 rings (SSSR count). The number of nitrogens with zero attached hydrogens (tertiary/aromatic N) is 2. The van der Waals surface area contributed by atoms with Gasteiger partial charge >= 0.3 is 0 Å². The zero-order chi connectivity index (χ0) is 20.2. The number of fused-ring (bicyclic) bond motifs is 1. The van der Waals surface area contributed by atoms with Crippen molar-refractivity contribution in [3.63, 3.8) is 0 Å². The van der Waals surface area contributed by atoms with Crippen molar-refractivity contribution in [2.45, 2.75) is 32.0 Å². The first-order chi connectivity index (χ1) is 14.1. The lowest BCUT2D eigenvalue weighted by molar-refractivity contribution is -0.142. The van der Waals surface area contributed by atoms with Gasteiger partial charge in [-0.15, -0.1) is 0 Å². The normalized spacial score (nSPS) is 16.0. The van der Waals surface area contributed by atoms with Gasteiger partial charge in [0.05, 0.1) is 5.52 Å². The zero-order valence-electron chi connectivity index (χ0n) is 16.9. The van der Waals surface area contributed by atoms with Crippen LogP contribution in [0.25, 0.3) is 22.0 Å². The van der Waals surface area contributed by atoms with E-state index in [4.69, 9.17) is 9.47 Å². The Morgan fingerprint density at radius 1 is 1.07 bits per heavy atom. The van der Waals surface area contributed by atoms with E-state index in [-0.39, 0.29) is 18.1 Å². The average Bonchev–Trinajstić information content (AvgIpc) is 2.79. The third kappa shape index (κ3) is 4.40. The minimum atomic E-state index is -0.385. The van der Waals surface area contributed by atoms with E-state index in [0.29, 0.717) is 13.1 Å². The molecule has 29 heavy (non-hydrogen) atoms. The van der Waals surface area contributed by atoms with E-state index in [9.17, 15) is 4.79 Å². The van der Waals surface area contributed by atoms with Crippen LogP contribution < -0.4 is 4.74 Å². The maximum atomic E-state index is 12.2. The van der Waals surface area contributed by atoms with Gasteiger partial charge in [0.2, 0.25) is 0 Å². The molecule has 1 atom stereocenters. The molecule has 0 radical (unpaired) electrons. The molecule has 1 saturated heterocycles. The molecule has 0 N–H and O–H groups in total. The maximum absolute atomic E-state index is 12.2. The molecular weight excluding hydrogens is 364 g/mol. The summed E-state index contributed by atoms with van der Waals surface area (Å²) in [5.41, 5.74) is 3.21. The Balaban J connectivity index is 1.37. The molecule has 150 valence electrons. The minimum Gasteiger partial charge on any atom is -0.490 e. The van der Waals surface area contributed by atoms with Crippen LogP contribution in [-0.4, -0.2) is 48.2 Å². The lowest BCUT2D eigenvalue weighted by Crippen LogP contribution is -2.45. The molecule has 2 aromatic carbocycles. The summed E-state index contributed by atoms with van der Waals surface area (Å²) in [6.07, 6.45) is 3.32. The van der Waals surface area contributed by atoms with Gasteiger partial charge in [0.25, 0.3) is 5.91 Å². The van der Waals surface area contributed by atoms with Crippen molar-refractivity contribution in [1.82, 2.24) is 9.88 Å². The fraction of sp³-hybridized carbons (Fsp3) is 0.333. The van der Waals surface area contributed by atoms with Crippen molar-refractivity contribution in [2.75, 3.05) is 20.2 Å². The van der Waals surface area contributed by atoms with Crippen molar-refractivity contribution >= 4 is 16.8 Å². The van der Waals surface area contributed by atoms with Gasteiger partial charge in [-0.2, -0.15) is 0 Å². The number of aromatic nitrogens is 1. The number of hydrogen-bond acceptors (Lipinski definition) is 4. The molecule has 1 aliphatic rings. The number of carbonyl (C=O) groups excluding carboxylic acids is 1. The van der Waals surface area contributed by atoms with Gasteiger partial charge in [-0.1, -0.05) is 30.3 Å². The molecule has 2 heterocycles. The predicted molar refractivity (Wildman–Crippen MR) is 114 cm³/mol. The molecule has 0 saturated carbocycles. The molecule has 1 fully saturated rings. The van der Waals surface area contributed by atoms with Crippen LogP contribution in [0.1, 0.15) is 19.8 Å². The Morgan fingerprint density at radius 2 is 1.79 bits per heavy atom. The van der Waals surface area contributed by atoms with E-state index in [2.05, 4.69) is 29.2 Å². The Kier molecular flexibility index (Phi) is 5.76. The average molecular weight is 390 g/mol. The highest BCUT2D eigenvalue weighted by Crippen LogP contribution is 2.26. The zero-order valence-corrected chi connectivity index (χ0v) is 16.9. The van der Waals surface area contributed by atoms with E-state index in [1.807, 2.05) is 41.4 Å². The number of ether oxygens (including phenoxy) is 2. The number of methoxy groups -OCH3 is 1. The van der Waals surface area contributed by atoms with Crippen LogP contribution in [0.4, 0.5) is 0 Å². The van der Waals surface area contributed by atoms with E-state index >= 15 is 0 Å². The van der Waals surface area contributed by atoms with Crippen molar-refractivity contribution in [3.8, 4) is 16.9 Å². The number of likely N-dealkylation sites (tertiary alicyclic amines) is 1. The van der Waals surface area contributed by atoms with Crippen LogP contribution in [0.5, 0.6) is 5.75 Å². The fourth-order valence-electron chi connectivity index (χ4n) is 3.70. The first-order valence-electron chi connectivity index (χ1n) is 10.1. The first kappa shape index (κ1) is 19.4. The molecule has 5 heteroatoms. The molecule has 0 aliphatic carbocycles. The number of rotatable bonds is 5. The molecule has 0 spiro atoms. The summed E-state index contributed by atoms with van der Waals surface area (Å²) in [5.74, 6) is 0.914. The Labute approximate surface area is 171 Å². The molecule has 5 nitrogen and oxygen atoms in total. The highest BCUT2D eigenvalue weighted by atomic mass is 16.5. The Hall–Kier alpha value is -2.92. The topological polar surface area (TPSA) is 51.7 Å². The first-order valence-corrected chi connectivity index (χ1v) is 10.1. The van der Waals surface area contributed by atoms with Crippen molar-refractivity contribution in [2.24, 2.45) is 0 Å². The van der Waals surface area contributed by atoms with Gasteiger partial charge in [-0.25, -0.2) is 0 Å². The summed E-state index contributed by atoms with van der Waals surface area (Å²) in [6.45, 7) is 3.20. The molecule has 1 amide bonds. The number of pyridine rings is 1. The van der Waals surface area contributed by atoms with Gasteiger partial charge in [-0.05, 0) is 36.8 Å². The van der Waals surface area contributed by atoms with E-state index in [1.54, 1.807) is 14.0 Å². The van der Waals surface area contributed by atoms with Crippen molar-refractivity contribution in [1.29, 1.82) is 0 Å². The summed E-state index contributed by atoms with van der Waals surface area (Å²) < 4.78 is 11.3. The number of amides is 1. The van der Waals surface area contributed by atoms with E-state index in [0.717, 1.165) is 40.6 Å². The molecule has 0 unspecified atom stereocenters. The number of piperidine rings is 1. The number of para-hydroxylation sites is 1. The highest BCUT2D eigenvalue weighted by molar-refractivity contribution is 5.83. The second-order valence-corrected chi connectivity index (χ2v) is 7.46. The lowest BCUT2D eigenvalue weighted by atomic mass is 10.0. The Morgan fingerprint density at radius 3 is 2.52 bits per heavy atom. The maximum Gasteiger partial charge on any atom is 0.251 e. The standard InChI is InChI=1S/C24H26N2O3/c1-17(28-2)24(27)26-13-11-22(12-14-26)29-21-9-7-18(8-10-21)20-15-19-5-3-4-6-23(19)25-16-20/h3-10,15-17,22H,11-14H2,1-2H3/t17-/m1/s1. The highest BCUT2D eigenvalue weighted by Gasteiger charge is 2.26. The van der Waals surface area contributed by atoms with Crippen LogP contribution in [0.15, 0.2) is 60.8 Å².